The molecule has 3 nitrogen and oxygen atoms in total. The first-order valence-electron chi connectivity index (χ1n) is 5.46. The van der Waals surface area contributed by atoms with Gasteiger partial charge in [0.15, 0.2) is 5.78 Å². The van der Waals surface area contributed by atoms with E-state index in [1.54, 1.807) is 18.0 Å². The number of hydrogen-bond donors (Lipinski definition) is 1. The van der Waals surface area contributed by atoms with Crippen molar-refractivity contribution < 1.29 is 9.21 Å². The van der Waals surface area contributed by atoms with E-state index in [-0.39, 0.29) is 5.78 Å². The monoisotopic (exact) mass is 249 g/mol. The van der Waals surface area contributed by atoms with Crippen LogP contribution in [0.3, 0.4) is 0 Å². The number of ketones is 1. The zero-order valence-electron chi connectivity index (χ0n) is 9.95. The Bertz CT molecular complexity index is 499. The molecule has 0 aliphatic heterocycles. The van der Waals surface area contributed by atoms with Crippen LogP contribution in [0.1, 0.15) is 27.5 Å². The lowest BCUT2D eigenvalue weighted by molar-refractivity contribution is 0.102. The maximum absolute atomic E-state index is 11.9. The van der Waals surface area contributed by atoms with E-state index in [0.29, 0.717) is 5.75 Å². The number of nitrogens with one attached hydrogen (secondary N) is 1. The van der Waals surface area contributed by atoms with Crippen molar-refractivity contribution in [2.75, 3.05) is 5.75 Å². The van der Waals surface area contributed by atoms with Gasteiger partial charge in [0.2, 0.25) is 0 Å². The first kappa shape index (κ1) is 12.0. The van der Waals surface area contributed by atoms with Crippen LogP contribution in [-0.2, 0) is 5.75 Å². The molecular formula is C13H15NO2S. The van der Waals surface area contributed by atoms with Gasteiger partial charge in [-0.1, -0.05) is 0 Å². The maximum atomic E-state index is 11.9. The summed E-state index contributed by atoms with van der Waals surface area (Å²) in [4.78, 5) is 15.1. The molecule has 90 valence electrons. The minimum Gasteiger partial charge on any atom is -0.468 e. The minimum absolute atomic E-state index is 0.170. The molecule has 0 unspecified atom stereocenters. The highest BCUT2D eigenvalue weighted by Crippen LogP contribution is 2.16. The number of aromatic nitrogens is 1. The van der Waals surface area contributed by atoms with Crippen molar-refractivity contribution in [1.82, 2.24) is 4.98 Å². The molecule has 0 amide bonds. The van der Waals surface area contributed by atoms with Gasteiger partial charge in [-0.3, -0.25) is 4.79 Å². The van der Waals surface area contributed by atoms with E-state index >= 15 is 0 Å². The fraction of sp³-hybridized carbons (Fsp3) is 0.308. The van der Waals surface area contributed by atoms with Crippen LogP contribution in [0.5, 0.6) is 0 Å². The molecule has 2 rings (SSSR count). The number of carbonyl (C=O) groups excluding carboxylic acids is 1. The molecule has 0 spiro atoms. The lowest BCUT2D eigenvalue weighted by Gasteiger charge is -1.99. The summed E-state index contributed by atoms with van der Waals surface area (Å²) in [6, 6.07) is 5.69. The van der Waals surface area contributed by atoms with E-state index in [2.05, 4.69) is 4.98 Å². The summed E-state index contributed by atoms with van der Waals surface area (Å²) in [6.07, 6.45) is 1.65. The number of aryl methyl sites for hydroxylation is 2. The molecule has 4 heteroatoms. The van der Waals surface area contributed by atoms with Crippen LogP contribution in [0.2, 0.25) is 0 Å². The van der Waals surface area contributed by atoms with E-state index in [9.17, 15) is 4.79 Å². The quantitative estimate of drug-likeness (QED) is 0.827. The minimum atomic E-state index is 0.170. The second kappa shape index (κ2) is 5.27. The number of H-pyrrole nitrogens is 1. The molecule has 2 heterocycles. The third-order valence-corrected chi connectivity index (χ3v) is 3.46. The zero-order valence-corrected chi connectivity index (χ0v) is 10.8. The molecule has 0 aromatic carbocycles. The predicted octanol–water partition coefficient (Wildman–Crippen LogP) is 3.34. The molecule has 1 N–H and O–H groups in total. The first-order chi connectivity index (χ1) is 8.16. The number of aromatic amines is 1. The largest absolute Gasteiger partial charge is 0.468 e. The molecule has 0 saturated heterocycles. The lowest BCUT2D eigenvalue weighted by Crippen LogP contribution is -2.03. The Hall–Kier alpha value is -1.42. The lowest BCUT2D eigenvalue weighted by atomic mass is 10.2. The molecular weight excluding hydrogens is 234 g/mol. The van der Waals surface area contributed by atoms with Crippen molar-refractivity contribution in [3.8, 4) is 0 Å². The van der Waals surface area contributed by atoms with E-state index in [1.165, 1.54) is 0 Å². The van der Waals surface area contributed by atoms with Crippen LogP contribution in [0.25, 0.3) is 0 Å². The van der Waals surface area contributed by atoms with E-state index in [1.807, 2.05) is 32.0 Å². The molecule has 17 heavy (non-hydrogen) atoms. The number of thioether (sulfide) groups is 1. The van der Waals surface area contributed by atoms with Gasteiger partial charge in [-0.05, 0) is 32.0 Å². The summed E-state index contributed by atoms with van der Waals surface area (Å²) < 4.78 is 5.21. The highest BCUT2D eigenvalue weighted by atomic mass is 32.2. The van der Waals surface area contributed by atoms with Crippen molar-refractivity contribution in [3.63, 3.8) is 0 Å². The highest BCUT2D eigenvalue weighted by Gasteiger charge is 2.11. The number of hydrogen-bond acceptors (Lipinski definition) is 3. The van der Waals surface area contributed by atoms with Crippen molar-refractivity contribution >= 4 is 17.5 Å². The average Bonchev–Trinajstić information content (AvgIpc) is 2.88. The van der Waals surface area contributed by atoms with Gasteiger partial charge in [-0.2, -0.15) is 0 Å². The van der Waals surface area contributed by atoms with E-state index in [0.717, 1.165) is 28.5 Å². The number of rotatable bonds is 5. The number of furan rings is 1. The fourth-order valence-corrected chi connectivity index (χ4v) is 2.54. The highest BCUT2D eigenvalue weighted by molar-refractivity contribution is 7.99. The molecule has 0 atom stereocenters. The Kier molecular flexibility index (Phi) is 3.74. The normalized spacial score (nSPS) is 10.7. The molecule has 0 aliphatic carbocycles. The number of Topliss-reactive ketones (excluding diaryl/α,β-unsaturated/α-hetero) is 1. The summed E-state index contributed by atoms with van der Waals surface area (Å²) in [5.41, 5.74) is 2.78. The van der Waals surface area contributed by atoms with Crippen molar-refractivity contribution in [2.45, 2.75) is 19.6 Å². The fourth-order valence-electron chi connectivity index (χ4n) is 1.73. The van der Waals surface area contributed by atoms with Crippen LogP contribution in [0.4, 0.5) is 0 Å². The van der Waals surface area contributed by atoms with Crippen LogP contribution in [0, 0.1) is 13.8 Å². The van der Waals surface area contributed by atoms with Gasteiger partial charge in [0, 0.05) is 17.0 Å². The van der Waals surface area contributed by atoms with Crippen LogP contribution >= 0.6 is 11.8 Å². The topological polar surface area (TPSA) is 46.0 Å². The van der Waals surface area contributed by atoms with Gasteiger partial charge in [0.05, 0.1) is 17.8 Å². The van der Waals surface area contributed by atoms with Gasteiger partial charge in [-0.25, -0.2) is 0 Å². The van der Waals surface area contributed by atoms with Crippen LogP contribution < -0.4 is 0 Å². The van der Waals surface area contributed by atoms with Gasteiger partial charge in [-0.15, -0.1) is 11.8 Å². The second-order valence-electron chi connectivity index (χ2n) is 3.99. The predicted molar refractivity (Wildman–Crippen MR) is 69.5 cm³/mol. The Morgan fingerprint density at radius 1 is 1.47 bits per heavy atom. The molecule has 0 aliphatic rings. The smallest absolute Gasteiger partial charge is 0.174 e. The van der Waals surface area contributed by atoms with Crippen molar-refractivity contribution in [3.05, 3.63) is 47.2 Å². The summed E-state index contributed by atoms with van der Waals surface area (Å²) in [6.45, 7) is 3.89. The third kappa shape index (κ3) is 3.03. The Morgan fingerprint density at radius 3 is 2.88 bits per heavy atom. The maximum Gasteiger partial charge on any atom is 0.174 e. The van der Waals surface area contributed by atoms with Gasteiger partial charge < -0.3 is 9.40 Å². The Labute approximate surface area is 105 Å². The SMILES string of the molecule is Cc1cc(C(=O)CSCc2ccco2)c(C)[nH]1. The van der Waals surface area contributed by atoms with Crippen LogP contribution in [0.15, 0.2) is 28.9 Å². The third-order valence-electron chi connectivity index (χ3n) is 2.51. The summed E-state index contributed by atoms with van der Waals surface area (Å²) in [5.74, 6) is 2.30. The summed E-state index contributed by atoms with van der Waals surface area (Å²) in [7, 11) is 0. The van der Waals surface area contributed by atoms with Gasteiger partial charge in [0.25, 0.3) is 0 Å². The molecule has 2 aromatic heterocycles. The Balaban J connectivity index is 1.87. The van der Waals surface area contributed by atoms with E-state index in [4.69, 9.17) is 4.42 Å². The molecule has 0 bridgehead atoms. The molecule has 0 fully saturated rings. The average molecular weight is 249 g/mol. The number of carbonyl (C=O) groups is 1. The van der Waals surface area contributed by atoms with Gasteiger partial charge >= 0.3 is 0 Å². The first-order valence-corrected chi connectivity index (χ1v) is 6.62. The summed E-state index contributed by atoms with van der Waals surface area (Å²) in [5, 5.41) is 0. The van der Waals surface area contributed by atoms with Crippen molar-refractivity contribution in [2.24, 2.45) is 0 Å². The zero-order chi connectivity index (χ0) is 12.3. The molecule has 0 radical (unpaired) electrons. The molecule has 0 saturated carbocycles. The Morgan fingerprint density at radius 2 is 2.29 bits per heavy atom. The standard InChI is InChI=1S/C13H15NO2S/c1-9-6-12(10(2)14-9)13(15)8-17-7-11-4-3-5-16-11/h3-6,14H,7-8H2,1-2H3. The second-order valence-corrected chi connectivity index (χ2v) is 4.97. The molecule has 2 aromatic rings. The van der Waals surface area contributed by atoms with Crippen LogP contribution in [-0.4, -0.2) is 16.5 Å². The van der Waals surface area contributed by atoms with E-state index < -0.39 is 0 Å². The van der Waals surface area contributed by atoms with Gasteiger partial charge in [0.1, 0.15) is 5.76 Å². The summed E-state index contributed by atoms with van der Waals surface area (Å²) >= 11 is 1.57. The van der Waals surface area contributed by atoms with Crippen molar-refractivity contribution in [1.29, 1.82) is 0 Å².